The molecular formula is C8H8N4OS. The third-order valence-corrected chi connectivity index (χ3v) is 2.62. The summed E-state index contributed by atoms with van der Waals surface area (Å²) < 4.78 is 3.58. The molecule has 1 aliphatic carbocycles. The average molecular weight is 208 g/mol. The minimum atomic E-state index is -0.371. The Morgan fingerprint density at radius 2 is 2.57 bits per heavy atom. The predicted molar refractivity (Wildman–Crippen MR) is 49.5 cm³/mol. The molecule has 1 atom stereocenters. The van der Waals surface area contributed by atoms with Crippen LogP contribution in [0, 0.1) is 17.2 Å². The van der Waals surface area contributed by atoms with E-state index in [9.17, 15) is 4.79 Å². The highest BCUT2D eigenvalue weighted by Crippen LogP contribution is 2.32. The summed E-state index contributed by atoms with van der Waals surface area (Å²) in [6.45, 7) is 0. The van der Waals surface area contributed by atoms with Gasteiger partial charge < -0.3 is 5.32 Å². The summed E-state index contributed by atoms with van der Waals surface area (Å²) in [6.07, 6.45) is 2.04. The lowest BCUT2D eigenvalue weighted by Crippen LogP contribution is -2.35. The molecule has 1 unspecified atom stereocenters. The number of nitrogens with one attached hydrogen (secondary N) is 1. The normalized spacial score (nSPS) is 17.1. The molecular weight excluding hydrogens is 200 g/mol. The van der Waals surface area contributed by atoms with Crippen LogP contribution >= 0.6 is 11.5 Å². The SMILES string of the molecule is N#CC(NC(=O)c1csnn1)C1CC1. The van der Waals surface area contributed by atoms with E-state index in [2.05, 4.69) is 21.0 Å². The molecule has 14 heavy (non-hydrogen) atoms. The number of amides is 1. The Bertz CT molecular complexity index is 365. The molecule has 1 aliphatic rings. The second kappa shape index (κ2) is 3.72. The number of rotatable bonds is 3. The Balaban J connectivity index is 1.97. The van der Waals surface area contributed by atoms with E-state index in [0.717, 1.165) is 24.4 Å². The van der Waals surface area contributed by atoms with Crippen molar-refractivity contribution in [2.45, 2.75) is 18.9 Å². The maximum Gasteiger partial charge on any atom is 0.273 e. The van der Waals surface area contributed by atoms with Gasteiger partial charge in [-0.15, -0.1) is 5.10 Å². The zero-order chi connectivity index (χ0) is 9.97. The highest BCUT2D eigenvalue weighted by molar-refractivity contribution is 7.03. The molecule has 1 heterocycles. The molecule has 0 aromatic carbocycles. The van der Waals surface area contributed by atoms with Crippen LogP contribution in [0.5, 0.6) is 0 Å². The minimum absolute atomic E-state index is 0.288. The highest BCUT2D eigenvalue weighted by atomic mass is 32.1. The van der Waals surface area contributed by atoms with Crippen molar-refractivity contribution in [2.75, 3.05) is 0 Å². The van der Waals surface area contributed by atoms with E-state index in [-0.39, 0.29) is 17.6 Å². The first kappa shape index (κ1) is 9.09. The first-order chi connectivity index (χ1) is 6.81. The third-order valence-electron chi connectivity index (χ3n) is 2.11. The zero-order valence-electron chi connectivity index (χ0n) is 7.30. The van der Waals surface area contributed by atoms with Gasteiger partial charge in [-0.2, -0.15) is 5.26 Å². The number of carbonyl (C=O) groups is 1. The fourth-order valence-corrected chi connectivity index (χ4v) is 1.60. The number of hydrogen-bond donors (Lipinski definition) is 1. The summed E-state index contributed by atoms with van der Waals surface area (Å²) in [7, 11) is 0. The largest absolute Gasteiger partial charge is 0.335 e. The van der Waals surface area contributed by atoms with Crippen molar-refractivity contribution in [3.63, 3.8) is 0 Å². The molecule has 1 saturated carbocycles. The molecule has 5 nitrogen and oxygen atoms in total. The lowest BCUT2D eigenvalue weighted by Gasteiger charge is -2.07. The molecule has 0 spiro atoms. The van der Waals surface area contributed by atoms with Crippen molar-refractivity contribution in [3.05, 3.63) is 11.1 Å². The number of carbonyl (C=O) groups excluding carboxylic acids is 1. The number of aromatic nitrogens is 2. The Hall–Kier alpha value is -1.48. The van der Waals surface area contributed by atoms with Gasteiger partial charge in [0.2, 0.25) is 0 Å². The summed E-state index contributed by atoms with van der Waals surface area (Å²) in [5, 5.41) is 16.6. The predicted octanol–water partition coefficient (Wildman–Crippen LogP) is 0.570. The van der Waals surface area contributed by atoms with Crippen molar-refractivity contribution in [2.24, 2.45) is 5.92 Å². The van der Waals surface area contributed by atoms with Crippen LogP contribution in [0.2, 0.25) is 0 Å². The van der Waals surface area contributed by atoms with Gasteiger partial charge >= 0.3 is 0 Å². The van der Waals surface area contributed by atoms with Gasteiger partial charge in [0, 0.05) is 5.38 Å². The molecule has 1 N–H and O–H groups in total. The van der Waals surface area contributed by atoms with Crippen LogP contribution < -0.4 is 5.32 Å². The first-order valence-corrected chi connectivity index (χ1v) is 5.12. The molecule has 1 amide bonds. The average Bonchev–Trinajstić information content (AvgIpc) is 2.88. The Labute approximate surface area is 84.9 Å². The molecule has 0 bridgehead atoms. The number of nitriles is 1. The topological polar surface area (TPSA) is 78.7 Å². The smallest absolute Gasteiger partial charge is 0.273 e. The minimum Gasteiger partial charge on any atom is -0.335 e. The van der Waals surface area contributed by atoms with E-state index in [1.54, 1.807) is 5.38 Å². The summed E-state index contributed by atoms with van der Waals surface area (Å²) in [6, 6.07) is 1.71. The van der Waals surface area contributed by atoms with Crippen LogP contribution in [0.4, 0.5) is 0 Å². The highest BCUT2D eigenvalue weighted by Gasteiger charge is 2.32. The second-order valence-electron chi connectivity index (χ2n) is 3.21. The van der Waals surface area contributed by atoms with E-state index < -0.39 is 0 Å². The van der Waals surface area contributed by atoms with Crippen LogP contribution in [-0.2, 0) is 0 Å². The van der Waals surface area contributed by atoms with Crippen LogP contribution in [0.25, 0.3) is 0 Å². The fourth-order valence-electron chi connectivity index (χ4n) is 1.16. The van der Waals surface area contributed by atoms with E-state index >= 15 is 0 Å². The first-order valence-electron chi connectivity index (χ1n) is 4.29. The lowest BCUT2D eigenvalue weighted by atomic mass is 10.2. The van der Waals surface area contributed by atoms with E-state index in [1.807, 2.05) is 0 Å². The molecule has 0 saturated heterocycles. The van der Waals surface area contributed by atoms with Crippen LogP contribution in [0.15, 0.2) is 5.38 Å². The van der Waals surface area contributed by atoms with Crippen LogP contribution in [-0.4, -0.2) is 21.5 Å². The summed E-state index contributed by atoms with van der Waals surface area (Å²) in [5.74, 6) is 0.0211. The van der Waals surface area contributed by atoms with Crippen molar-refractivity contribution in [3.8, 4) is 6.07 Å². The summed E-state index contributed by atoms with van der Waals surface area (Å²) in [5.41, 5.74) is 0.288. The molecule has 1 aromatic rings. The summed E-state index contributed by atoms with van der Waals surface area (Å²) in [4.78, 5) is 11.4. The van der Waals surface area contributed by atoms with E-state index in [4.69, 9.17) is 5.26 Å². The van der Waals surface area contributed by atoms with Gasteiger partial charge in [-0.05, 0) is 30.3 Å². The molecule has 1 aromatic heterocycles. The van der Waals surface area contributed by atoms with Crippen molar-refractivity contribution < 1.29 is 4.79 Å². The maximum absolute atomic E-state index is 11.4. The molecule has 2 rings (SSSR count). The van der Waals surface area contributed by atoms with Crippen LogP contribution in [0.3, 0.4) is 0 Å². The van der Waals surface area contributed by atoms with E-state index in [0.29, 0.717) is 5.92 Å². The third kappa shape index (κ3) is 1.88. The quantitative estimate of drug-likeness (QED) is 0.787. The monoisotopic (exact) mass is 208 g/mol. The van der Waals surface area contributed by atoms with Gasteiger partial charge in [0.15, 0.2) is 5.69 Å². The second-order valence-corrected chi connectivity index (χ2v) is 3.82. The molecule has 72 valence electrons. The molecule has 0 aliphatic heterocycles. The standard InChI is InChI=1S/C8H8N4OS/c9-3-6(5-1-2-5)10-8(13)7-4-14-12-11-7/h4-6H,1-2H2,(H,10,13). The van der Waals surface area contributed by atoms with Crippen molar-refractivity contribution in [1.82, 2.24) is 14.9 Å². The summed E-state index contributed by atoms with van der Waals surface area (Å²) >= 11 is 1.12. The van der Waals surface area contributed by atoms with Gasteiger partial charge in [0.1, 0.15) is 6.04 Å². The van der Waals surface area contributed by atoms with E-state index in [1.165, 1.54) is 0 Å². The molecule has 1 fully saturated rings. The Morgan fingerprint density at radius 3 is 3.07 bits per heavy atom. The molecule has 6 heteroatoms. The Morgan fingerprint density at radius 1 is 1.79 bits per heavy atom. The van der Waals surface area contributed by atoms with Gasteiger partial charge in [-0.3, -0.25) is 4.79 Å². The van der Waals surface area contributed by atoms with Gasteiger partial charge in [0.25, 0.3) is 5.91 Å². The van der Waals surface area contributed by atoms with Gasteiger partial charge in [-0.25, -0.2) is 0 Å². The van der Waals surface area contributed by atoms with Gasteiger partial charge in [-0.1, -0.05) is 4.49 Å². The Kier molecular flexibility index (Phi) is 2.41. The lowest BCUT2D eigenvalue weighted by molar-refractivity contribution is 0.0937. The molecule has 0 radical (unpaired) electrons. The number of nitrogens with zero attached hydrogens (tertiary/aromatic N) is 3. The van der Waals surface area contributed by atoms with Gasteiger partial charge in [0.05, 0.1) is 6.07 Å². The van der Waals surface area contributed by atoms with Crippen molar-refractivity contribution in [1.29, 1.82) is 5.26 Å². The fraction of sp³-hybridized carbons (Fsp3) is 0.500. The number of hydrogen-bond acceptors (Lipinski definition) is 5. The maximum atomic E-state index is 11.4. The van der Waals surface area contributed by atoms with Crippen molar-refractivity contribution >= 4 is 17.4 Å². The zero-order valence-corrected chi connectivity index (χ0v) is 8.12. The van der Waals surface area contributed by atoms with Crippen LogP contribution in [0.1, 0.15) is 23.3 Å².